The summed E-state index contributed by atoms with van der Waals surface area (Å²) in [6, 6.07) is 0.0775. The molecule has 2 rings (SSSR count). The van der Waals surface area contributed by atoms with Crippen LogP contribution in [0.4, 0.5) is 0 Å². The zero-order chi connectivity index (χ0) is 10.3. The molecule has 2 amide bonds. The van der Waals surface area contributed by atoms with E-state index in [1.165, 1.54) is 11.0 Å². The fraction of sp³-hybridized carbons (Fsp3) is 0.600. The van der Waals surface area contributed by atoms with Crippen molar-refractivity contribution in [2.45, 2.75) is 19.4 Å². The lowest BCUT2D eigenvalue weighted by molar-refractivity contribution is -0.139. The number of rotatable bonds is 1. The molecular weight excluding hydrogens is 180 g/mol. The first-order valence-corrected chi connectivity index (χ1v) is 4.84. The van der Waals surface area contributed by atoms with Crippen molar-refractivity contribution in [1.29, 1.82) is 0 Å². The molecule has 1 atom stereocenters. The zero-order valence-corrected chi connectivity index (χ0v) is 8.49. The molecule has 2 aliphatic rings. The summed E-state index contributed by atoms with van der Waals surface area (Å²) in [4.78, 5) is 26.7. The van der Waals surface area contributed by atoms with Gasteiger partial charge in [-0.25, -0.2) is 0 Å². The Kier molecular flexibility index (Phi) is 2.15. The molecule has 0 aromatic carbocycles. The molecule has 4 heteroatoms. The van der Waals surface area contributed by atoms with Crippen molar-refractivity contribution < 1.29 is 9.59 Å². The van der Waals surface area contributed by atoms with Gasteiger partial charge in [0, 0.05) is 18.2 Å². The van der Waals surface area contributed by atoms with Gasteiger partial charge >= 0.3 is 0 Å². The second-order valence-corrected chi connectivity index (χ2v) is 4.05. The molecule has 1 unspecified atom stereocenters. The molecule has 2 aliphatic heterocycles. The van der Waals surface area contributed by atoms with E-state index in [1.807, 2.05) is 7.05 Å². The lowest BCUT2D eigenvalue weighted by Crippen LogP contribution is -2.41. The van der Waals surface area contributed by atoms with Crippen LogP contribution >= 0.6 is 0 Å². The topological polar surface area (TPSA) is 40.6 Å². The molecule has 0 aromatic heterocycles. The predicted molar refractivity (Wildman–Crippen MR) is 51.5 cm³/mol. The third-order valence-electron chi connectivity index (χ3n) is 2.87. The van der Waals surface area contributed by atoms with Crippen LogP contribution in [0.1, 0.15) is 13.3 Å². The van der Waals surface area contributed by atoms with E-state index in [1.54, 1.807) is 6.92 Å². The third-order valence-corrected chi connectivity index (χ3v) is 2.87. The average molecular weight is 194 g/mol. The maximum atomic E-state index is 11.6. The van der Waals surface area contributed by atoms with Crippen LogP contribution < -0.4 is 0 Å². The van der Waals surface area contributed by atoms with Crippen molar-refractivity contribution in [3.63, 3.8) is 0 Å². The van der Waals surface area contributed by atoms with E-state index in [9.17, 15) is 9.59 Å². The third kappa shape index (κ3) is 1.35. The molecule has 14 heavy (non-hydrogen) atoms. The standard InChI is InChI=1S/C10H14N2O2/c1-7-5-9(13)12(10(7)14)8-3-4-11(2)6-8/h5,8H,3-4,6H2,1-2H3. The van der Waals surface area contributed by atoms with Gasteiger partial charge in [-0.05, 0) is 26.9 Å². The highest BCUT2D eigenvalue weighted by Crippen LogP contribution is 2.21. The first-order valence-electron chi connectivity index (χ1n) is 4.84. The molecule has 1 saturated heterocycles. The van der Waals surface area contributed by atoms with Crippen LogP contribution in [0.25, 0.3) is 0 Å². The quantitative estimate of drug-likeness (QED) is 0.552. The predicted octanol–water partition coefficient (Wildman–Crippen LogP) is 0.00560. The van der Waals surface area contributed by atoms with Crippen LogP contribution in [0.3, 0.4) is 0 Å². The number of likely N-dealkylation sites (tertiary alicyclic amines) is 1. The van der Waals surface area contributed by atoms with Crippen LogP contribution in [0.15, 0.2) is 11.6 Å². The summed E-state index contributed by atoms with van der Waals surface area (Å²) >= 11 is 0. The number of carbonyl (C=O) groups is 2. The maximum Gasteiger partial charge on any atom is 0.256 e. The Bertz CT molecular complexity index is 322. The van der Waals surface area contributed by atoms with Gasteiger partial charge < -0.3 is 4.90 Å². The molecule has 1 fully saturated rings. The maximum absolute atomic E-state index is 11.6. The van der Waals surface area contributed by atoms with Crippen molar-refractivity contribution in [2.75, 3.05) is 20.1 Å². The summed E-state index contributed by atoms with van der Waals surface area (Å²) < 4.78 is 0. The number of imide groups is 1. The van der Waals surface area contributed by atoms with E-state index in [0.717, 1.165) is 19.5 Å². The summed E-state index contributed by atoms with van der Waals surface area (Å²) in [5, 5.41) is 0. The van der Waals surface area contributed by atoms with Crippen molar-refractivity contribution in [2.24, 2.45) is 0 Å². The second kappa shape index (κ2) is 3.20. The largest absolute Gasteiger partial charge is 0.304 e. The van der Waals surface area contributed by atoms with Crippen LogP contribution in [-0.4, -0.2) is 47.8 Å². The molecule has 2 heterocycles. The monoisotopic (exact) mass is 194 g/mol. The Hall–Kier alpha value is -1.16. The van der Waals surface area contributed by atoms with Crippen LogP contribution in [0, 0.1) is 0 Å². The van der Waals surface area contributed by atoms with Crippen molar-refractivity contribution >= 4 is 11.8 Å². The van der Waals surface area contributed by atoms with Gasteiger partial charge in [-0.3, -0.25) is 14.5 Å². The van der Waals surface area contributed by atoms with E-state index in [0.29, 0.717) is 5.57 Å². The van der Waals surface area contributed by atoms with Gasteiger partial charge in [-0.1, -0.05) is 0 Å². The molecule has 0 spiro atoms. The fourth-order valence-corrected chi connectivity index (χ4v) is 2.07. The molecule has 0 bridgehead atoms. The van der Waals surface area contributed by atoms with Gasteiger partial charge in [-0.2, -0.15) is 0 Å². The SMILES string of the molecule is CC1=CC(=O)N(C2CCN(C)C2)C1=O. The molecule has 76 valence electrons. The minimum absolute atomic E-state index is 0.0775. The van der Waals surface area contributed by atoms with E-state index in [4.69, 9.17) is 0 Å². The van der Waals surface area contributed by atoms with Crippen molar-refractivity contribution in [3.05, 3.63) is 11.6 Å². The van der Waals surface area contributed by atoms with Gasteiger partial charge in [0.2, 0.25) is 0 Å². The summed E-state index contributed by atoms with van der Waals surface area (Å²) in [7, 11) is 2.01. The number of likely N-dealkylation sites (N-methyl/N-ethyl adjacent to an activating group) is 1. The summed E-state index contributed by atoms with van der Waals surface area (Å²) in [5.74, 6) is -0.261. The molecule has 0 radical (unpaired) electrons. The smallest absolute Gasteiger partial charge is 0.256 e. The van der Waals surface area contributed by atoms with Gasteiger partial charge in [-0.15, -0.1) is 0 Å². The summed E-state index contributed by atoms with van der Waals surface area (Å²) in [6.07, 6.45) is 2.33. The minimum atomic E-state index is -0.146. The highest BCUT2D eigenvalue weighted by molar-refractivity contribution is 6.16. The molecule has 4 nitrogen and oxygen atoms in total. The molecule has 0 N–H and O–H groups in total. The Labute approximate surface area is 83.2 Å². The zero-order valence-electron chi connectivity index (χ0n) is 8.49. The van der Waals surface area contributed by atoms with Gasteiger partial charge in [0.25, 0.3) is 11.8 Å². The Balaban J connectivity index is 2.13. The van der Waals surface area contributed by atoms with E-state index < -0.39 is 0 Å². The van der Waals surface area contributed by atoms with E-state index >= 15 is 0 Å². The lowest BCUT2D eigenvalue weighted by Gasteiger charge is -2.21. The van der Waals surface area contributed by atoms with Crippen molar-refractivity contribution in [3.8, 4) is 0 Å². The molecule has 0 aliphatic carbocycles. The molecule has 0 aromatic rings. The molecule has 0 saturated carbocycles. The number of carbonyl (C=O) groups excluding carboxylic acids is 2. The average Bonchev–Trinajstić information content (AvgIpc) is 2.60. The van der Waals surface area contributed by atoms with Gasteiger partial charge in [0.15, 0.2) is 0 Å². The first-order chi connectivity index (χ1) is 6.59. The Morgan fingerprint density at radius 3 is 2.57 bits per heavy atom. The van der Waals surface area contributed by atoms with E-state index in [-0.39, 0.29) is 17.9 Å². The lowest BCUT2D eigenvalue weighted by atomic mass is 10.2. The summed E-state index contributed by atoms with van der Waals surface area (Å²) in [5.41, 5.74) is 0.560. The van der Waals surface area contributed by atoms with Crippen LogP contribution in [0.2, 0.25) is 0 Å². The van der Waals surface area contributed by atoms with Crippen LogP contribution in [-0.2, 0) is 9.59 Å². The number of nitrogens with zero attached hydrogens (tertiary/aromatic N) is 2. The van der Waals surface area contributed by atoms with Gasteiger partial charge in [0.05, 0.1) is 6.04 Å². The Morgan fingerprint density at radius 2 is 2.14 bits per heavy atom. The van der Waals surface area contributed by atoms with Gasteiger partial charge in [0.1, 0.15) is 0 Å². The first kappa shape index (κ1) is 9.40. The Morgan fingerprint density at radius 1 is 1.43 bits per heavy atom. The van der Waals surface area contributed by atoms with E-state index in [2.05, 4.69) is 4.90 Å². The normalized spacial score (nSPS) is 28.9. The molecular formula is C10H14N2O2. The minimum Gasteiger partial charge on any atom is -0.304 e. The number of amides is 2. The fourth-order valence-electron chi connectivity index (χ4n) is 2.07. The van der Waals surface area contributed by atoms with Crippen LogP contribution in [0.5, 0.6) is 0 Å². The highest BCUT2D eigenvalue weighted by Gasteiger charge is 2.37. The number of hydrogen-bond acceptors (Lipinski definition) is 3. The highest BCUT2D eigenvalue weighted by atomic mass is 16.2. The summed E-state index contributed by atoms with van der Waals surface area (Å²) in [6.45, 7) is 3.46. The van der Waals surface area contributed by atoms with Crippen molar-refractivity contribution in [1.82, 2.24) is 9.80 Å². The number of hydrogen-bond donors (Lipinski definition) is 0. The second-order valence-electron chi connectivity index (χ2n) is 4.05.